The maximum atomic E-state index is 10.1. The Morgan fingerprint density at radius 3 is 2.71 bits per heavy atom. The van der Waals surface area contributed by atoms with E-state index in [0.717, 1.165) is 18.7 Å². The molecule has 0 saturated heterocycles. The highest BCUT2D eigenvalue weighted by Gasteiger charge is 2.43. The van der Waals surface area contributed by atoms with E-state index < -0.39 is 0 Å². The minimum absolute atomic E-state index is 0.159. The summed E-state index contributed by atoms with van der Waals surface area (Å²) in [5.74, 6) is 0.984. The van der Waals surface area contributed by atoms with Gasteiger partial charge in [0.2, 0.25) is 0 Å². The van der Waals surface area contributed by atoms with Gasteiger partial charge in [-0.1, -0.05) is 6.92 Å². The van der Waals surface area contributed by atoms with E-state index in [2.05, 4.69) is 18.7 Å². The molecule has 2 atom stereocenters. The molecule has 1 heterocycles. The zero-order valence-electron chi connectivity index (χ0n) is 11.0. The Morgan fingerprint density at radius 2 is 2.29 bits per heavy atom. The molecule has 1 aliphatic rings. The lowest BCUT2D eigenvalue weighted by molar-refractivity contribution is -0.0281. The number of aliphatic hydroxyl groups is 1. The van der Waals surface area contributed by atoms with Crippen LogP contribution in [0.4, 0.5) is 0 Å². The van der Waals surface area contributed by atoms with Gasteiger partial charge in [-0.25, -0.2) is 0 Å². The summed E-state index contributed by atoms with van der Waals surface area (Å²) in [5, 5.41) is 10.1. The summed E-state index contributed by atoms with van der Waals surface area (Å²) in [6.45, 7) is 6.98. The van der Waals surface area contributed by atoms with E-state index in [1.165, 1.54) is 12.8 Å². The Hall–Kier alpha value is -0.800. The third kappa shape index (κ3) is 2.55. The first-order chi connectivity index (χ1) is 8.08. The summed E-state index contributed by atoms with van der Waals surface area (Å²) in [6.07, 6.45) is 4.81. The van der Waals surface area contributed by atoms with Crippen molar-refractivity contribution < 1.29 is 9.52 Å². The number of hydrogen-bond acceptors (Lipinski definition) is 3. The van der Waals surface area contributed by atoms with Crippen molar-refractivity contribution in [1.82, 2.24) is 4.90 Å². The van der Waals surface area contributed by atoms with Crippen LogP contribution in [-0.4, -0.2) is 27.7 Å². The third-order valence-corrected chi connectivity index (χ3v) is 4.17. The van der Waals surface area contributed by atoms with Crippen LogP contribution in [0.5, 0.6) is 0 Å². The smallest absolute Gasteiger partial charge is 0.117 e. The van der Waals surface area contributed by atoms with Crippen molar-refractivity contribution in [2.75, 3.05) is 0 Å². The van der Waals surface area contributed by atoms with E-state index in [1.54, 1.807) is 6.26 Å². The molecule has 2 rings (SSSR count). The fraction of sp³-hybridized carbons (Fsp3) is 0.714. The summed E-state index contributed by atoms with van der Waals surface area (Å²) in [6, 6.07) is 4.54. The Labute approximate surface area is 103 Å². The molecule has 1 fully saturated rings. The quantitative estimate of drug-likeness (QED) is 0.826. The van der Waals surface area contributed by atoms with Crippen LogP contribution >= 0.6 is 0 Å². The molecular formula is C14H23NO2. The van der Waals surface area contributed by atoms with Crippen LogP contribution in [0.25, 0.3) is 0 Å². The highest BCUT2D eigenvalue weighted by molar-refractivity contribution is 5.04. The molecule has 1 aromatic heterocycles. The van der Waals surface area contributed by atoms with Crippen molar-refractivity contribution in [3.05, 3.63) is 24.2 Å². The minimum atomic E-state index is -0.330. The second kappa shape index (κ2) is 4.83. The predicted octanol–water partition coefficient (Wildman–Crippen LogP) is 2.79. The van der Waals surface area contributed by atoms with Gasteiger partial charge in [-0.15, -0.1) is 0 Å². The van der Waals surface area contributed by atoms with Crippen molar-refractivity contribution in [3.8, 4) is 0 Å². The Balaban J connectivity index is 2.16. The highest BCUT2D eigenvalue weighted by Crippen LogP contribution is 2.37. The van der Waals surface area contributed by atoms with Crippen LogP contribution in [0.3, 0.4) is 0 Å². The third-order valence-electron chi connectivity index (χ3n) is 4.17. The number of aliphatic hydroxyl groups excluding tert-OH is 1. The van der Waals surface area contributed by atoms with Gasteiger partial charge in [-0.2, -0.15) is 0 Å². The lowest BCUT2D eigenvalue weighted by atomic mass is 9.90. The fourth-order valence-electron chi connectivity index (χ4n) is 2.42. The molecule has 96 valence electrons. The van der Waals surface area contributed by atoms with E-state index in [4.69, 9.17) is 4.42 Å². The van der Waals surface area contributed by atoms with E-state index in [-0.39, 0.29) is 11.6 Å². The molecule has 0 amide bonds. The molecule has 2 unspecified atom stereocenters. The van der Waals surface area contributed by atoms with Crippen molar-refractivity contribution in [1.29, 1.82) is 0 Å². The molecule has 17 heavy (non-hydrogen) atoms. The summed E-state index contributed by atoms with van der Waals surface area (Å²) in [5.41, 5.74) is -0.159. The van der Waals surface area contributed by atoms with Crippen molar-refractivity contribution in [3.63, 3.8) is 0 Å². The zero-order valence-corrected chi connectivity index (χ0v) is 11.0. The molecule has 1 aromatic rings. The standard InChI is InChI=1S/C14H23NO2/c1-4-14(3,11(2)16)15(12-7-8-12)10-13-6-5-9-17-13/h5-6,9,11-12,16H,4,7-8,10H2,1-3H3. The Kier molecular flexibility index (Phi) is 3.59. The Bertz CT molecular complexity index is 343. The van der Waals surface area contributed by atoms with Crippen LogP contribution in [-0.2, 0) is 6.54 Å². The van der Waals surface area contributed by atoms with E-state index in [1.807, 2.05) is 19.1 Å². The fourth-order valence-corrected chi connectivity index (χ4v) is 2.42. The van der Waals surface area contributed by atoms with Crippen LogP contribution in [0.15, 0.2) is 22.8 Å². The van der Waals surface area contributed by atoms with E-state index >= 15 is 0 Å². The van der Waals surface area contributed by atoms with Crippen molar-refractivity contribution in [2.45, 2.75) is 64.3 Å². The lowest BCUT2D eigenvalue weighted by Gasteiger charge is -2.43. The maximum absolute atomic E-state index is 10.1. The van der Waals surface area contributed by atoms with Gasteiger partial charge in [0.1, 0.15) is 5.76 Å². The first-order valence-electron chi connectivity index (χ1n) is 6.55. The Morgan fingerprint density at radius 1 is 1.59 bits per heavy atom. The molecule has 1 N–H and O–H groups in total. The van der Waals surface area contributed by atoms with Gasteiger partial charge in [0.25, 0.3) is 0 Å². The van der Waals surface area contributed by atoms with Crippen LogP contribution in [0.1, 0.15) is 45.8 Å². The van der Waals surface area contributed by atoms with Gasteiger partial charge >= 0.3 is 0 Å². The van der Waals surface area contributed by atoms with Gasteiger partial charge in [-0.05, 0) is 45.2 Å². The number of rotatable bonds is 6. The topological polar surface area (TPSA) is 36.6 Å². The van der Waals surface area contributed by atoms with Crippen LogP contribution in [0.2, 0.25) is 0 Å². The molecule has 3 heteroatoms. The van der Waals surface area contributed by atoms with Crippen LogP contribution < -0.4 is 0 Å². The van der Waals surface area contributed by atoms with Gasteiger partial charge in [0, 0.05) is 11.6 Å². The number of furan rings is 1. The van der Waals surface area contributed by atoms with Gasteiger partial charge in [-0.3, -0.25) is 4.90 Å². The summed E-state index contributed by atoms with van der Waals surface area (Å²) < 4.78 is 5.44. The highest BCUT2D eigenvalue weighted by atomic mass is 16.3. The molecule has 0 aliphatic heterocycles. The largest absolute Gasteiger partial charge is 0.468 e. The average Bonchev–Trinajstić information content (AvgIpc) is 3.02. The van der Waals surface area contributed by atoms with E-state index in [0.29, 0.717) is 6.04 Å². The molecule has 3 nitrogen and oxygen atoms in total. The van der Waals surface area contributed by atoms with Gasteiger partial charge in [0.05, 0.1) is 18.9 Å². The van der Waals surface area contributed by atoms with Gasteiger partial charge < -0.3 is 9.52 Å². The molecule has 0 bridgehead atoms. The molecule has 0 spiro atoms. The molecular weight excluding hydrogens is 214 g/mol. The van der Waals surface area contributed by atoms with Crippen molar-refractivity contribution in [2.24, 2.45) is 0 Å². The maximum Gasteiger partial charge on any atom is 0.117 e. The first-order valence-corrected chi connectivity index (χ1v) is 6.55. The predicted molar refractivity (Wildman–Crippen MR) is 67.6 cm³/mol. The van der Waals surface area contributed by atoms with Gasteiger partial charge in [0.15, 0.2) is 0 Å². The first kappa shape index (κ1) is 12.7. The lowest BCUT2D eigenvalue weighted by Crippen LogP contribution is -2.53. The summed E-state index contributed by atoms with van der Waals surface area (Å²) in [7, 11) is 0. The normalized spacial score (nSPS) is 21.5. The summed E-state index contributed by atoms with van der Waals surface area (Å²) >= 11 is 0. The second-order valence-electron chi connectivity index (χ2n) is 5.33. The number of hydrogen-bond donors (Lipinski definition) is 1. The minimum Gasteiger partial charge on any atom is -0.468 e. The zero-order chi connectivity index (χ0) is 12.5. The molecule has 0 radical (unpaired) electrons. The molecule has 1 aliphatic carbocycles. The molecule has 1 saturated carbocycles. The molecule has 0 aromatic carbocycles. The second-order valence-corrected chi connectivity index (χ2v) is 5.33. The van der Waals surface area contributed by atoms with E-state index in [9.17, 15) is 5.11 Å². The summed E-state index contributed by atoms with van der Waals surface area (Å²) in [4.78, 5) is 2.41. The number of nitrogens with zero attached hydrogens (tertiary/aromatic N) is 1. The SMILES string of the molecule is CCC(C)(C(C)O)N(Cc1ccco1)C1CC1. The van der Waals surface area contributed by atoms with Crippen LogP contribution in [0, 0.1) is 0 Å². The van der Waals surface area contributed by atoms with Crippen molar-refractivity contribution >= 4 is 0 Å². The average molecular weight is 237 g/mol. The monoisotopic (exact) mass is 237 g/mol.